The molecule has 1 fully saturated rings. The Kier molecular flexibility index (Phi) is 8.52. The zero-order chi connectivity index (χ0) is 32.0. The number of imidazole rings is 2. The van der Waals surface area contributed by atoms with E-state index in [0.29, 0.717) is 11.0 Å². The normalized spacial score (nSPS) is 24.1. The minimum absolute atomic E-state index is 0.0722. The molecule has 3 aromatic heterocycles. The summed E-state index contributed by atoms with van der Waals surface area (Å²) in [6, 6.07) is 3.80. The van der Waals surface area contributed by atoms with Gasteiger partial charge in [0.25, 0.3) is 0 Å². The van der Waals surface area contributed by atoms with Crippen LogP contribution in [0.3, 0.4) is 0 Å². The molecule has 4 aromatic rings. The molecule has 0 aliphatic carbocycles. The number of aromatic nitrogens is 6. The Morgan fingerprint density at radius 3 is 2.73 bits per heavy atom. The predicted octanol–water partition coefficient (Wildman–Crippen LogP) is 2.42. The number of aryl methyl sites for hydroxylation is 1. The number of anilines is 1. The van der Waals surface area contributed by atoms with Crippen LogP contribution in [0.25, 0.3) is 22.2 Å². The van der Waals surface area contributed by atoms with E-state index < -0.39 is 56.6 Å². The Labute approximate surface area is 251 Å². The molecule has 44 heavy (non-hydrogen) atoms. The van der Waals surface area contributed by atoms with Crippen molar-refractivity contribution in [1.82, 2.24) is 34.2 Å². The highest BCUT2D eigenvalue weighted by atomic mass is 31.2. The molecule has 16 nitrogen and oxygen atoms in total. The Balaban J connectivity index is 1.42. The number of methoxy groups -OCH3 is 1. The largest absolute Gasteiger partial charge is 0.479 e. The lowest BCUT2D eigenvalue weighted by atomic mass is 9.98. The quantitative estimate of drug-likeness (QED) is 0.160. The first kappa shape index (κ1) is 31.5. The Hall–Kier alpha value is -3.89. The summed E-state index contributed by atoms with van der Waals surface area (Å²) < 4.78 is 61.2. The van der Waals surface area contributed by atoms with E-state index in [1.54, 1.807) is 50.0 Å². The third-order valence-electron chi connectivity index (χ3n) is 6.95. The average molecular weight is 637 g/mol. The lowest BCUT2D eigenvalue weighted by Crippen LogP contribution is -2.41. The zero-order valence-electron chi connectivity index (χ0n) is 24.9. The van der Waals surface area contributed by atoms with E-state index in [2.05, 4.69) is 25.0 Å². The molecule has 1 unspecified atom stereocenters. The van der Waals surface area contributed by atoms with Crippen molar-refractivity contribution in [3.8, 4) is 11.6 Å². The van der Waals surface area contributed by atoms with Gasteiger partial charge in [0.2, 0.25) is 11.8 Å². The Morgan fingerprint density at radius 1 is 1.27 bits per heavy atom. The van der Waals surface area contributed by atoms with Crippen molar-refractivity contribution in [1.29, 1.82) is 0 Å². The molecule has 238 valence electrons. The van der Waals surface area contributed by atoms with E-state index in [0.717, 1.165) is 6.92 Å². The number of nitrogens with zero attached hydrogens (tertiary/aromatic N) is 6. The third-order valence-corrected chi connectivity index (χ3v) is 8.58. The first-order valence-corrected chi connectivity index (χ1v) is 15.2. The number of ether oxygens (including phenoxy) is 3. The molecule has 1 saturated heterocycles. The molecule has 6 atom stereocenters. The van der Waals surface area contributed by atoms with Crippen LogP contribution < -0.4 is 20.1 Å². The number of nitrogens with two attached hydrogens (primary N) is 1. The summed E-state index contributed by atoms with van der Waals surface area (Å²) in [6.45, 7) is 5.29. The maximum Gasteiger partial charge on any atom is 0.459 e. The summed E-state index contributed by atoms with van der Waals surface area (Å²) in [5, 5.41) is 13.6. The predicted molar refractivity (Wildman–Crippen MR) is 154 cm³/mol. The fraction of sp³-hybridized carbons (Fsp3) is 0.500. The molecule has 0 amide bonds. The molecule has 0 bridgehead atoms. The molecular formula is C26H34FN8O8P. The van der Waals surface area contributed by atoms with Gasteiger partial charge in [0, 0.05) is 7.05 Å². The van der Waals surface area contributed by atoms with Crippen LogP contribution in [-0.2, 0) is 30.4 Å². The second kappa shape index (κ2) is 11.9. The fourth-order valence-corrected chi connectivity index (χ4v) is 6.35. The van der Waals surface area contributed by atoms with Gasteiger partial charge < -0.3 is 34.1 Å². The van der Waals surface area contributed by atoms with Gasteiger partial charge in [-0.25, -0.2) is 18.9 Å². The molecule has 1 aliphatic heterocycles. The standard InChI is InChI=1S/C26H34FN8O8P/c1-13(2)41-23(37)14(3)33-44(38,43-16-9-7-8-15-19(16)34(5)11-29-15)40-10-17-20(36)26(4,27)24(42-17)35-12-30-18-21(35)31-25(28)32-22(18)39-6/h7-9,11-14,17,20,24,36H,10H2,1-6H3,(H,33,38)(H2,28,31,32)/t14-,17+,20+,24+,26+,44?/m0/s1. The van der Waals surface area contributed by atoms with Crippen molar-refractivity contribution in [3.63, 3.8) is 0 Å². The zero-order valence-corrected chi connectivity index (χ0v) is 25.8. The number of aliphatic hydroxyl groups excluding tert-OH is 1. The number of nitrogen functional groups attached to an aromatic ring is 1. The summed E-state index contributed by atoms with van der Waals surface area (Å²) in [6.07, 6.45) is -2.19. The minimum Gasteiger partial charge on any atom is -0.479 e. The van der Waals surface area contributed by atoms with Gasteiger partial charge in [-0.1, -0.05) is 6.07 Å². The summed E-state index contributed by atoms with van der Waals surface area (Å²) in [5.41, 5.74) is 4.76. The minimum atomic E-state index is -4.43. The van der Waals surface area contributed by atoms with Crippen molar-refractivity contribution >= 4 is 41.9 Å². The summed E-state index contributed by atoms with van der Waals surface area (Å²) >= 11 is 0. The number of halogens is 1. The van der Waals surface area contributed by atoms with Crippen molar-refractivity contribution in [2.45, 2.75) is 63.9 Å². The van der Waals surface area contributed by atoms with E-state index in [4.69, 9.17) is 29.0 Å². The molecule has 0 radical (unpaired) electrons. The number of alkyl halides is 1. The van der Waals surface area contributed by atoms with E-state index in [9.17, 15) is 14.5 Å². The van der Waals surface area contributed by atoms with Gasteiger partial charge in [-0.2, -0.15) is 15.1 Å². The molecule has 1 aliphatic rings. The Bertz CT molecular complexity index is 1730. The number of hydrogen-bond donors (Lipinski definition) is 3. The van der Waals surface area contributed by atoms with Crippen LogP contribution in [0.2, 0.25) is 0 Å². The molecular weight excluding hydrogens is 602 g/mol. The van der Waals surface area contributed by atoms with Crippen LogP contribution in [0.4, 0.5) is 10.3 Å². The summed E-state index contributed by atoms with van der Waals surface area (Å²) in [5.74, 6) is -0.640. The van der Waals surface area contributed by atoms with Gasteiger partial charge in [0.05, 0.1) is 38.0 Å². The second-order valence-corrected chi connectivity index (χ2v) is 12.4. The van der Waals surface area contributed by atoms with Gasteiger partial charge in [0.15, 0.2) is 28.8 Å². The number of fused-ring (bicyclic) bond motifs is 2. The molecule has 1 aromatic carbocycles. The number of para-hydroxylation sites is 1. The average Bonchev–Trinajstić information content (AvgIpc) is 3.61. The lowest BCUT2D eigenvalue weighted by Gasteiger charge is -2.25. The number of carbonyl (C=O) groups is 1. The van der Waals surface area contributed by atoms with Crippen LogP contribution in [0.1, 0.15) is 33.9 Å². The maximum absolute atomic E-state index is 16.1. The van der Waals surface area contributed by atoms with Crippen molar-refractivity contribution in [2.24, 2.45) is 7.05 Å². The first-order chi connectivity index (χ1) is 20.7. The van der Waals surface area contributed by atoms with E-state index in [1.165, 1.54) is 24.9 Å². The highest BCUT2D eigenvalue weighted by molar-refractivity contribution is 7.52. The van der Waals surface area contributed by atoms with Gasteiger partial charge in [-0.15, -0.1) is 0 Å². The highest BCUT2D eigenvalue weighted by Crippen LogP contribution is 2.49. The van der Waals surface area contributed by atoms with Crippen LogP contribution in [0.15, 0.2) is 30.9 Å². The van der Waals surface area contributed by atoms with Gasteiger partial charge >= 0.3 is 13.7 Å². The van der Waals surface area contributed by atoms with Crippen LogP contribution in [0.5, 0.6) is 11.6 Å². The summed E-state index contributed by atoms with van der Waals surface area (Å²) in [7, 11) is -1.33. The molecule has 4 heterocycles. The number of aliphatic hydroxyl groups is 1. The lowest BCUT2D eigenvalue weighted by molar-refractivity contribution is -0.149. The first-order valence-electron chi connectivity index (χ1n) is 13.6. The number of benzene rings is 1. The van der Waals surface area contributed by atoms with E-state index >= 15 is 4.39 Å². The second-order valence-electron chi connectivity index (χ2n) is 10.7. The SMILES string of the molecule is COc1nc(N)nc2c1ncn2[C@@H]1O[C@H](COP(=O)(N[C@@H](C)C(=O)OC(C)C)Oc2cccc3ncn(C)c23)[C@@H](O)[C@@]1(C)F. The van der Waals surface area contributed by atoms with E-state index in [1.807, 2.05) is 0 Å². The Morgan fingerprint density at radius 2 is 2.02 bits per heavy atom. The number of carbonyl (C=O) groups excluding carboxylic acids is 1. The third kappa shape index (κ3) is 5.93. The monoisotopic (exact) mass is 636 g/mol. The van der Waals surface area contributed by atoms with Crippen molar-refractivity contribution < 1.29 is 42.1 Å². The molecule has 4 N–H and O–H groups in total. The smallest absolute Gasteiger partial charge is 0.459 e. The van der Waals surface area contributed by atoms with Crippen LogP contribution in [-0.4, -0.2) is 83.9 Å². The van der Waals surface area contributed by atoms with Crippen molar-refractivity contribution in [2.75, 3.05) is 19.5 Å². The highest BCUT2D eigenvalue weighted by Gasteiger charge is 2.56. The number of esters is 1. The van der Waals surface area contributed by atoms with Gasteiger partial charge in [-0.3, -0.25) is 13.9 Å². The number of nitrogens with one attached hydrogen (secondary N) is 1. The number of hydrogen-bond acceptors (Lipinski definition) is 13. The van der Waals surface area contributed by atoms with Crippen molar-refractivity contribution in [3.05, 3.63) is 30.9 Å². The van der Waals surface area contributed by atoms with Crippen LogP contribution >= 0.6 is 7.75 Å². The fourth-order valence-electron chi connectivity index (χ4n) is 4.84. The van der Waals surface area contributed by atoms with Gasteiger partial charge in [0.1, 0.15) is 23.8 Å². The van der Waals surface area contributed by atoms with Gasteiger partial charge in [-0.05, 0) is 39.8 Å². The van der Waals surface area contributed by atoms with E-state index in [-0.39, 0.29) is 28.7 Å². The topological polar surface area (TPSA) is 200 Å². The molecule has 0 spiro atoms. The number of rotatable bonds is 11. The van der Waals surface area contributed by atoms with Crippen LogP contribution in [0, 0.1) is 0 Å². The summed E-state index contributed by atoms with van der Waals surface area (Å²) in [4.78, 5) is 29.1. The maximum atomic E-state index is 16.1. The molecule has 18 heteroatoms. The molecule has 0 saturated carbocycles. The molecule has 5 rings (SSSR count).